The lowest BCUT2D eigenvalue weighted by Crippen LogP contribution is -2.01. The molecule has 0 fully saturated rings. The summed E-state index contributed by atoms with van der Waals surface area (Å²) < 4.78 is 1.82. The van der Waals surface area contributed by atoms with Crippen molar-refractivity contribution in [2.75, 3.05) is 5.32 Å². The summed E-state index contributed by atoms with van der Waals surface area (Å²) in [4.78, 5) is 0. The molecule has 0 aliphatic heterocycles. The summed E-state index contributed by atoms with van der Waals surface area (Å²) in [5, 5.41) is 21.1. The molecule has 0 spiro atoms. The number of phenols is 1. The molecule has 0 atom stereocenters. The summed E-state index contributed by atoms with van der Waals surface area (Å²) in [6.45, 7) is 0.484. The predicted octanol–water partition coefficient (Wildman–Crippen LogP) is 3.24. The highest BCUT2D eigenvalue weighted by Crippen LogP contribution is 2.27. The minimum absolute atomic E-state index is 0.113. The molecule has 106 valence electrons. The van der Waals surface area contributed by atoms with Gasteiger partial charge in [0.15, 0.2) is 0 Å². The van der Waals surface area contributed by atoms with E-state index in [0.29, 0.717) is 11.6 Å². The first-order chi connectivity index (χ1) is 10.2. The highest BCUT2D eigenvalue weighted by atomic mass is 35.5. The smallest absolute Gasteiger partial charge is 0.139 e. The van der Waals surface area contributed by atoms with Crippen molar-refractivity contribution in [2.45, 2.75) is 6.54 Å². The van der Waals surface area contributed by atoms with Crippen molar-refractivity contribution in [1.29, 1.82) is 0 Å². The number of aromatic hydroxyl groups is 1. The maximum Gasteiger partial charge on any atom is 0.139 e. The second kappa shape index (κ2) is 5.85. The van der Waals surface area contributed by atoms with Gasteiger partial charge in [-0.1, -0.05) is 29.8 Å². The molecule has 0 aliphatic carbocycles. The van der Waals surface area contributed by atoms with Gasteiger partial charge in [0.05, 0.1) is 10.7 Å². The van der Waals surface area contributed by atoms with Gasteiger partial charge in [0.1, 0.15) is 18.4 Å². The molecule has 5 nitrogen and oxygen atoms in total. The molecule has 2 aromatic carbocycles. The van der Waals surface area contributed by atoms with E-state index in [2.05, 4.69) is 15.5 Å². The van der Waals surface area contributed by atoms with Crippen LogP contribution in [0.3, 0.4) is 0 Å². The first-order valence-electron chi connectivity index (χ1n) is 6.39. The zero-order valence-corrected chi connectivity index (χ0v) is 11.8. The highest BCUT2D eigenvalue weighted by Gasteiger charge is 2.05. The SMILES string of the molecule is Oc1c(Cl)cccc1CNc1cccc(-n2cnnc2)c1. The number of anilines is 1. The molecule has 1 heterocycles. The Balaban J connectivity index is 1.77. The number of para-hydroxylation sites is 1. The maximum absolute atomic E-state index is 9.89. The zero-order valence-electron chi connectivity index (χ0n) is 11.1. The van der Waals surface area contributed by atoms with Crippen LogP contribution < -0.4 is 5.32 Å². The number of nitrogens with zero attached hydrogens (tertiary/aromatic N) is 3. The molecule has 0 radical (unpaired) electrons. The van der Waals surface area contributed by atoms with E-state index in [4.69, 9.17) is 11.6 Å². The van der Waals surface area contributed by atoms with Gasteiger partial charge in [0, 0.05) is 17.8 Å². The lowest BCUT2D eigenvalue weighted by atomic mass is 10.2. The summed E-state index contributed by atoms with van der Waals surface area (Å²) in [6, 6.07) is 13.1. The van der Waals surface area contributed by atoms with E-state index in [1.165, 1.54) is 0 Å². The fraction of sp³-hybridized carbons (Fsp3) is 0.0667. The number of nitrogens with one attached hydrogen (secondary N) is 1. The topological polar surface area (TPSA) is 63.0 Å². The minimum atomic E-state index is 0.113. The van der Waals surface area contributed by atoms with E-state index in [-0.39, 0.29) is 5.75 Å². The molecule has 3 rings (SSSR count). The second-order valence-electron chi connectivity index (χ2n) is 4.52. The largest absolute Gasteiger partial charge is 0.506 e. The van der Waals surface area contributed by atoms with Gasteiger partial charge in [0.2, 0.25) is 0 Å². The molecular formula is C15H13ClN4O. The lowest BCUT2D eigenvalue weighted by molar-refractivity contribution is 0.469. The van der Waals surface area contributed by atoms with Crippen LogP contribution in [0.1, 0.15) is 5.56 Å². The van der Waals surface area contributed by atoms with Crippen molar-refractivity contribution in [3.8, 4) is 11.4 Å². The Morgan fingerprint density at radius 1 is 1.10 bits per heavy atom. The Kier molecular flexibility index (Phi) is 3.75. The van der Waals surface area contributed by atoms with Crippen molar-refractivity contribution >= 4 is 17.3 Å². The predicted molar refractivity (Wildman–Crippen MR) is 81.8 cm³/mol. The molecule has 0 amide bonds. The Hall–Kier alpha value is -2.53. The first kappa shape index (κ1) is 13.5. The highest BCUT2D eigenvalue weighted by molar-refractivity contribution is 6.32. The van der Waals surface area contributed by atoms with Gasteiger partial charge in [0.25, 0.3) is 0 Å². The quantitative estimate of drug-likeness (QED) is 0.776. The van der Waals surface area contributed by atoms with Crippen LogP contribution in [-0.4, -0.2) is 19.9 Å². The molecule has 0 saturated heterocycles. The molecule has 0 unspecified atom stereocenters. The number of aromatic nitrogens is 3. The second-order valence-corrected chi connectivity index (χ2v) is 4.93. The number of rotatable bonds is 4. The molecule has 2 N–H and O–H groups in total. The molecule has 0 aliphatic rings. The summed E-state index contributed by atoms with van der Waals surface area (Å²) in [5.74, 6) is 0.113. The number of benzene rings is 2. The van der Waals surface area contributed by atoms with Crippen molar-refractivity contribution < 1.29 is 5.11 Å². The fourth-order valence-corrected chi connectivity index (χ4v) is 2.20. The summed E-state index contributed by atoms with van der Waals surface area (Å²) in [7, 11) is 0. The van der Waals surface area contributed by atoms with Gasteiger partial charge < -0.3 is 10.4 Å². The van der Waals surface area contributed by atoms with Gasteiger partial charge in [-0.05, 0) is 24.3 Å². The molecule has 3 aromatic rings. The normalized spacial score (nSPS) is 10.5. The molecule has 1 aromatic heterocycles. The van der Waals surface area contributed by atoms with Gasteiger partial charge >= 0.3 is 0 Å². The van der Waals surface area contributed by atoms with E-state index in [1.807, 2.05) is 41.0 Å². The van der Waals surface area contributed by atoms with Gasteiger partial charge in [-0.25, -0.2) is 0 Å². The van der Waals surface area contributed by atoms with Crippen molar-refractivity contribution in [3.63, 3.8) is 0 Å². The van der Waals surface area contributed by atoms with Crippen molar-refractivity contribution in [3.05, 3.63) is 65.7 Å². The van der Waals surface area contributed by atoms with Crippen LogP contribution in [0.25, 0.3) is 5.69 Å². The van der Waals surface area contributed by atoms with E-state index in [9.17, 15) is 5.11 Å². The lowest BCUT2D eigenvalue weighted by Gasteiger charge is -2.10. The van der Waals surface area contributed by atoms with E-state index < -0.39 is 0 Å². The minimum Gasteiger partial charge on any atom is -0.506 e. The number of hydrogen-bond acceptors (Lipinski definition) is 4. The Bertz CT molecular complexity index is 743. The fourth-order valence-electron chi connectivity index (χ4n) is 2.01. The van der Waals surface area contributed by atoms with Gasteiger partial charge in [-0.2, -0.15) is 0 Å². The summed E-state index contributed by atoms with van der Waals surface area (Å²) >= 11 is 5.89. The van der Waals surface area contributed by atoms with Crippen LogP contribution in [0.15, 0.2) is 55.1 Å². The van der Waals surface area contributed by atoms with Crippen molar-refractivity contribution in [1.82, 2.24) is 14.8 Å². The third-order valence-corrected chi connectivity index (χ3v) is 3.42. The molecule has 21 heavy (non-hydrogen) atoms. The van der Waals surface area contributed by atoms with Crippen LogP contribution in [0.4, 0.5) is 5.69 Å². The third kappa shape index (κ3) is 2.98. The molecular weight excluding hydrogens is 288 g/mol. The zero-order chi connectivity index (χ0) is 14.7. The van der Waals surface area contributed by atoms with Crippen molar-refractivity contribution in [2.24, 2.45) is 0 Å². The van der Waals surface area contributed by atoms with Crippen LogP contribution in [0.5, 0.6) is 5.75 Å². The van der Waals surface area contributed by atoms with Crippen LogP contribution >= 0.6 is 11.6 Å². The molecule has 6 heteroatoms. The van der Waals surface area contributed by atoms with E-state index in [1.54, 1.807) is 18.7 Å². The molecule has 0 bridgehead atoms. The maximum atomic E-state index is 9.89. The monoisotopic (exact) mass is 300 g/mol. The molecule has 0 saturated carbocycles. The number of halogens is 1. The Morgan fingerprint density at radius 2 is 1.86 bits per heavy atom. The van der Waals surface area contributed by atoms with E-state index >= 15 is 0 Å². The Labute approximate surface area is 126 Å². The summed E-state index contributed by atoms with van der Waals surface area (Å²) in [5.41, 5.74) is 2.64. The number of hydrogen-bond donors (Lipinski definition) is 2. The number of phenolic OH excluding ortho intramolecular Hbond substituents is 1. The summed E-state index contributed by atoms with van der Waals surface area (Å²) in [6.07, 6.45) is 3.28. The van der Waals surface area contributed by atoms with Crippen LogP contribution in [0.2, 0.25) is 5.02 Å². The van der Waals surface area contributed by atoms with Gasteiger partial charge in [-0.15, -0.1) is 10.2 Å². The average molecular weight is 301 g/mol. The van der Waals surface area contributed by atoms with Crippen LogP contribution in [0, 0.1) is 0 Å². The third-order valence-electron chi connectivity index (χ3n) is 3.12. The van der Waals surface area contributed by atoms with Crippen LogP contribution in [-0.2, 0) is 6.54 Å². The average Bonchev–Trinajstić information content (AvgIpc) is 3.03. The standard InChI is InChI=1S/C15H13ClN4O/c16-14-6-1-3-11(15(14)21)8-17-12-4-2-5-13(7-12)20-9-18-19-10-20/h1-7,9-10,17,21H,8H2. The van der Waals surface area contributed by atoms with E-state index in [0.717, 1.165) is 16.9 Å². The first-order valence-corrected chi connectivity index (χ1v) is 6.77. The van der Waals surface area contributed by atoms with Gasteiger partial charge in [-0.3, -0.25) is 4.57 Å². The Morgan fingerprint density at radius 3 is 2.67 bits per heavy atom.